The van der Waals surface area contributed by atoms with Crippen LogP contribution in [0.25, 0.3) is 0 Å². The zero-order valence-electron chi connectivity index (χ0n) is 21.5. The molecule has 6 heteroatoms. The van der Waals surface area contributed by atoms with Gasteiger partial charge in [-0.1, -0.05) is 62.1 Å². The van der Waals surface area contributed by atoms with Gasteiger partial charge in [-0.3, -0.25) is 0 Å². The average molecular weight is 465 g/mol. The standard InChI is InChI=1S/C25H40N2O2.2CH4O/c1-5-8-13-23(6-2)16-19-27(4)18-12-17-25(7-3,22-26)24(15-11-21-29)14-9-10-20-28;2*1-2/h5-6,8-11,13,15,24,28-29H,2,7,12,14,16-21H2,1,3-4H3;2*2H,1H3/b8-5+,10-9+,15-11+,23-13+;;. The minimum atomic E-state index is -0.468. The van der Waals surface area contributed by atoms with Crippen molar-refractivity contribution in [3.05, 3.63) is 60.8 Å². The predicted octanol–water partition coefficient (Wildman–Crippen LogP) is 4.02. The molecule has 0 spiro atoms. The van der Waals surface area contributed by atoms with Gasteiger partial charge in [0.1, 0.15) is 0 Å². The molecule has 0 aliphatic heterocycles. The van der Waals surface area contributed by atoms with Crippen LogP contribution in [0.15, 0.2) is 60.8 Å². The quantitative estimate of drug-likeness (QED) is 0.203. The molecule has 0 radical (unpaired) electrons. The molecule has 0 aromatic rings. The van der Waals surface area contributed by atoms with E-state index in [0.29, 0.717) is 6.42 Å². The Morgan fingerprint density at radius 3 is 2.21 bits per heavy atom. The summed E-state index contributed by atoms with van der Waals surface area (Å²) < 4.78 is 0. The molecule has 0 amide bonds. The van der Waals surface area contributed by atoms with Crippen LogP contribution in [0.1, 0.15) is 46.0 Å². The van der Waals surface area contributed by atoms with Crippen LogP contribution in [0.2, 0.25) is 0 Å². The van der Waals surface area contributed by atoms with Crippen molar-refractivity contribution in [2.24, 2.45) is 11.3 Å². The summed E-state index contributed by atoms with van der Waals surface area (Å²) in [6.07, 6.45) is 19.5. The van der Waals surface area contributed by atoms with Crippen molar-refractivity contribution >= 4 is 0 Å². The zero-order chi connectivity index (χ0) is 26.0. The molecule has 0 saturated heterocycles. The van der Waals surface area contributed by atoms with Crippen LogP contribution in [0, 0.1) is 22.7 Å². The molecule has 2 atom stereocenters. The maximum Gasteiger partial charge on any atom is 0.0695 e. The number of aliphatic hydroxyl groups excluding tert-OH is 4. The van der Waals surface area contributed by atoms with Crippen LogP contribution in [0.4, 0.5) is 0 Å². The molecule has 190 valence electrons. The highest BCUT2D eigenvalue weighted by atomic mass is 16.3. The van der Waals surface area contributed by atoms with Gasteiger partial charge < -0.3 is 25.3 Å². The average Bonchev–Trinajstić information content (AvgIpc) is 2.87. The first-order valence-corrected chi connectivity index (χ1v) is 11.5. The molecular formula is C27H48N2O4. The Morgan fingerprint density at radius 2 is 1.73 bits per heavy atom. The van der Waals surface area contributed by atoms with Crippen molar-refractivity contribution < 1.29 is 20.4 Å². The molecule has 0 bridgehead atoms. The molecule has 0 aliphatic carbocycles. The fourth-order valence-electron chi connectivity index (χ4n) is 3.44. The number of aliphatic hydroxyl groups is 4. The molecule has 4 N–H and O–H groups in total. The topological polar surface area (TPSA) is 108 Å². The summed E-state index contributed by atoms with van der Waals surface area (Å²) in [5, 5.41) is 42.2. The number of hydrogen-bond donors (Lipinski definition) is 4. The second-order valence-corrected chi connectivity index (χ2v) is 7.36. The Bertz CT molecular complexity index is 606. The maximum absolute atomic E-state index is 10.0. The smallest absolute Gasteiger partial charge is 0.0695 e. The third-order valence-electron chi connectivity index (χ3n) is 5.41. The van der Waals surface area contributed by atoms with Crippen molar-refractivity contribution in [2.45, 2.75) is 46.0 Å². The Morgan fingerprint density at radius 1 is 1.09 bits per heavy atom. The highest BCUT2D eigenvalue weighted by Gasteiger charge is 2.34. The summed E-state index contributed by atoms with van der Waals surface area (Å²) in [5.41, 5.74) is 0.754. The monoisotopic (exact) mass is 464 g/mol. The third-order valence-corrected chi connectivity index (χ3v) is 5.41. The van der Waals surface area contributed by atoms with Crippen LogP contribution < -0.4 is 0 Å². The highest BCUT2D eigenvalue weighted by molar-refractivity contribution is 5.22. The highest BCUT2D eigenvalue weighted by Crippen LogP contribution is 2.39. The zero-order valence-corrected chi connectivity index (χ0v) is 21.5. The van der Waals surface area contributed by atoms with E-state index in [2.05, 4.69) is 37.6 Å². The van der Waals surface area contributed by atoms with Gasteiger partial charge in [-0.05, 0) is 64.1 Å². The molecule has 0 aromatic carbocycles. The number of hydrogen-bond acceptors (Lipinski definition) is 6. The van der Waals surface area contributed by atoms with E-state index in [4.69, 9.17) is 15.3 Å². The Balaban J connectivity index is -0.00000212. The molecule has 0 rings (SSSR count). The van der Waals surface area contributed by atoms with E-state index >= 15 is 0 Å². The van der Waals surface area contributed by atoms with Gasteiger partial charge in [0.15, 0.2) is 0 Å². The van der Waals surface area contributed by atoms with Crippen LogP contribution in [-0.4, -0.2) is 72.9 Å². The van der Waals surface area contributed by atoms with Gasteiger partial charge in [0.05, 0.1) is 24.7 Å². The van der Waals surface area contributed by atoms with Gasteiger partial charge >= 0.3 is 0 Å². The molecule has 0 aliphatic rings. The summed E-state index contributed by atoms with van der Waals surface area (Å²) >= 11 is 0. The molecular weight excluding hydrogens is 416 g/mol. The van der Waals surface area contributed by atoms with E-state index in [1.54, 1.807) is 12.2 Å². The van der Waals surface area contributed by atoms with Crippen LogP contribution in [0.3, 0.4) is 0 Å². The lowest BCUT2D eigenvalue weighted by atomic mass is 9.69. The van der Waals surface area contributed by atoms with Crippen LogP contribution >= 0.6 is 0 Å². The van der Waals surface area contributed by atoms with Crippen LogP contribution in [-0.2, 0) is 0 Å². The van der Waals surface area contributed by atoms with Crippen molar-refractivity contribution in [1.29, 1.82) is 5.26 Å². The van der Waals surface area contributed by atoms with E-state index in [1.807, 2.05) is 37.3 Å². The minimum absolute atomic E-state index is 0.00208. The van der Waals surface area contributed by atoms with Crippen molar-refractivity contribution in [2.75, 3.05) is 47.6 Å². The van der Waals surface area contributed by atoms with E-state index in [-0.39, 0.29) is 19.1 Å². The Labute approximate surface area is 202 Å². The maximum atomic E-state index is 10.0. The molecule has 0 aromatic heterocycles. The lowest BCUT2D eigenvalue weighted by Gasteiger charge is -2.33. The summed E-state index contributed by atoms with van der Waals surface area (Å²) in [6, 6.07) is 2.58. The molecule has 6 nitrogen and oxygen atoms in total. The summed E-state index contributed by atoms with van der Waals surface area (Å²) in [6.45, 7) is 9.80. The lowest BCUT2D eigenvalue weighted by Crippen LogP contribution is -2.29. The molecule has 2 unspecified atom stereocenters. The molecule has 33 heavy (non-hydrogen) atoms. The first-order chi connectivity index (χ1) is 16.0. The second-order valence-electron chi connectivity index (χ2n) is 7.36. The predicted molar refractivity (Wildman–Crippen MR) is 140 cm³/mol. The van der Waals surface area contributed by atoms with E-state index in [9.17, 15) is 10.4 Å². The number of nitriles is 1. The largest absolute Gasteiger partial charge is 0.400 e. The van der Waals surface area contributed by atoms with Gasteiger partial charge in [-0.2, -0.15) is 5.26 Å². The number of allylic oxidation sites excluding steroid dienone is 6. The van der Waals surface area contributed by atoms with Crippen molar-refractivity contribution in [3.8, 4) is 6.07 Å². The summed E-state index contributed by atoms with van der Waals surface area (Å²) in [4.78, 5) is 2.30. The number of rotatable bonds is 16. The second kappa shape index (κ2) is 26.2. The first kappa shape index (κ1) is 35.6. The third kappa shape index (κ3) is 17.2. The van der Waals surface area contributed by atoms with Gasteiger partial charge in [0.2, 0.25) is 0 Å². The SMILES string of the molecule is C=C/C(=C\C=C\C)CCN(C)CCCC(C#N)(CC)C(/C=C/CO)C/C=C/CO.CO.CO. The fourth-order valence-corrected chi connectivity index (χ4v) is 3.44. The van der Waals surface area contributed by atoms with Crippen molar-refractivity contribution in [3.63, 3.8) is 0 Å². The van der Waals surface area contributed by atoms with E-state index in [1.165, 1.54) is 5.57 Å². The van der Waals surface area contributed by atoms with E-state index < -0.39 is 5.41 Å². The first-order valence-electron chi connectivity index (χ1n) is 11.5. The van der Waals surface area contributed by atoms with Gasteiger partial charge in [0, 0.05) is 20.8 Å². The van der Waals surface area contributed by atoms with Gasteiger partial charge in [-0.25, -0.2) is 0 Å². The van der Waals surface area contributed by atoms with Gasteiger partial charge in [-0.15, -0.1) is 0 Å². The van der Waals surface area contributed by atoms with Crippen molar-refractivity contribution in [1.82, 2.24) is 4.90 Å². The number of nitrogens with zero attached hydrogens (tertiary/aromatic N) is 2. The molecule has 0 heterocycles. The Kier molecular flexibility index (Phi) is 28.3. The van der Waals surface area contributed by atoms with Gasteiger partial charge in [0.25, 0.3) is 0 Å². The van der Waals surface area contributed by atoms with Crippen LogP contribution in [0.5, 0.6) is 0 Å². The minimum Gasteiger partial charge on any atom is -0.400 e. The molecule has 0 fully saturated rings. The van der Waals surface area contributed by atoms with E-state index in [0.717, 1.165) is 53.0 Å². The molecule has 0 saturated carbocycles. The lowest BCUT2D eigenvalue weighted by molar-refractivity contribution is 0.227. The normalized spacial score (nSPS) is 14.4. The summed E-state index contributed by atoms with van der Waals surface area (Å²) in [5.74, 6) is 0.0221. The summed E-state index contributed by atoms with van der Waals surface area (Å²) in [7, 11) is 4.11. The fraction of sp³-hybridized carbons (Fsp3) is 0.593. The Hall–Kier alpha value is -2.01.